The number of hydrogen-bond donors (Lipinski definition) is 10. The van der Waals surface area contributed by atoms with Crippen LogP contribution in [0.15, 0.2) is 87.8 Å². The standard InChI is InChI=1S/C53H67N10O23P3S2/c1-34(35-12-14-38(49(64)65)41(27-35)47-39-10-4-5-11-42(39)83-43-28-37(54)13-15-40(43)47)57-18-23-76-25-26-77-24-19-59-52(68)80-22-16-53(2,3)91-90-33-78-20-6-7-21-79-51(67)58-17-8-9-36-30-63(50(66)61-48(36)55)46-29-44(81-32-60-62-56)45(84-46)31-82-88(72,73)86-89(74,75)85-87(69,70)71/h4-5,10-15,27-28,30,44-46,54,57H,1,6-7,16-26,29,31-33H2,2-3H3,(H,58,67)(H,59,68)(H,64,65)(H,72,73)(H,74,75)(H2,55,61,66)(H2,69,70,71)/t44?,45-,46-/m1/s1. The van der Waals surface area contributed by atoms with E-state index in [1.54, 1.807) is 53.3 Å². The summed E-state index contributed by atoms with van der Waals surface area (Å²) in [6.45, 7) is 9.01. The molecule has 2 aliphatic heterocycles. The van der Waals surface area contributed by atoms with Gasteiger partial charge in [-0.05, 0) is 80.1 Å². The molecule has 5 atom stereocenters. The predicted octanol–water partition coefficient (Wildman–Crippen LogP) is 7.21. The molecule has 6 rings (SSSR count). The first-order chi connectivity index (χ1) is 43.2. The number of nitrogens with zero attached hydrogens (tertiary/aromatic N) is 5. The molecule has 0 spiro atoms. The zero-order valence-corrected chi connectivity index (χ0v) is 53.2. The van der Waals surface area contributed by atoms with Crippen molar-refractivity contribution >= 4 is 85.7 Å². The summed E-state index contributed by atoms with van der Waals surface area (Å²) in [5.41, 5.74) is 17.4. The number of aromatic nitrogens is 2. The van der Waals surface area contributed by atoms with Gasteiger partial charge < -0.3 is 89.3 Å². The largest absolute Gasteiger partial charge is 0.490 e. The number of para-hydroxylation sites is 1. The Bertz CT molecular complexity index is 3710. The molecule has 3 unspecified atom stereocenters. The summed E-state index contributed by atoms with van der Waals surface area (Å²) in [5.74, 6) is 4.79. The van der Waals surface area contributed by atoms with Crippen LogP contribution in [0.25, 0.3) is 49.6 Å². The molecule has 1 fully saturated rings. The summed E-state index contributed by atoms with van der Waals surface area (Å²) in [6.07, 6.45) is -2.41. The number of anilines is 1. The third kappa shape index (κ3) is 24.6. The number of aromatic carboxylic acids is 1. The first-order valence-electron chi connectivity index (χ1n) is 27.3. The van der Waals surface area contributed by atoms with Crippen molar-refractivity contribution in [2.75, 3.05) is 90.9 Å². The fraction of sp³-hybridized carbons (Fsp3) is 0.434. The molecular weight excluding hydrogens is 1300 g/mol. The number of carboxylic acids is 1. The van der Waals surface area contributed by atoms with Gasteiger partial charge in [0.05, 0.1) is 75.4 Å². The molecule has 33 nitrogen and oxygen atoms in total. The zero-order chi connectivity index (χ0) is 66.2. The number of hydrogen-bond acceptors (Lipinski definition) is 25. The van der Waals surface area contributed by atoms with Crippen molar-refractivity contribution in [3.05, 3.63) is 116 Å². The summed E-state index contributed by atoms with van der Waals surface area (Å²) >= 11 is 0. The number of nitrogens with one attached hydrogen (secondary N) is 4. The minimum absolute atomic E-state index is 0.0155. The molecule has 2 amide bonds. The van der Waals surface area contributed by atoms with Crippen LogP contribution in [-0.4, -0.2) is 155 Å². The SMILES string of the molecule is C=C(NCCOCCOCCNC(=O)OCCC(C)(C)SSCOCCCCOC(=O)NCC#Cc1cn([C@H]2CC(OCN=[N+]=[N-])[C@@H](COP(=O)(O)OP(=O)(O)OP(=O)(O)O)O2)c(=O)nc1N)c1ccc(C(=O)O)c(-c2c3ccc(=N)cc-3oc3ccccc23)c1. The average Bonchev–Trinajstić information content (AvgIpc) is 1.14. The Labute approximate surface area is 527 Å². The van der Waals surface area contributed by atoms with Crippen molar-refractivity contribution in [3.8, 4) is 34.3 Å². The number of carbonyl (C=O) groups is 3. The number of fused-ring (bicyclic) bond motifs is 2. The minimum Gasteiger partial charge on any atom is -0.478 e. The van der Waals surface area contributed by atoms with Crippen molar-refractivity contribution in [3.63, 3.8) is 0 Å². The highest BCUT2D eigenvalue weighted by atomic mass is 33.1. The predicted molar refractivity (Wildman–Crippen MR) is 329 cm³/mol. The molecule has 2 aromatic carbocycles. The molecule has 1 aliphatic carbocycles. The maximum absolute atomic E-state index is 12.9. The number of alkyl carbamates (subject to hydrolysis) is 2. The Morgan fingerprint density at radius 2 is 1.63 bits per heavy atom. The highest BCUT2D eigenvalue weighted by Crippen LogP contribution is 2.66. The van der Waals surface area contributed by atoms with Gasteiger partial charge in [0, 0.05) is 70.2 Å². The molecule has 3 aliphatic rings. The van der Waals surface area contributed by atoms with Crippen LogP contribution in [-0.2, 0) is 60.0 Å². The van der Waals surface area contributed by atoms with Crippen LogP contribution >= 0.6 is 45.1 Å². The van der Waals surface area contributed by atoms with E-state index in [0.717, 1.165) is 9.95 Å². The number of rotatable bonds is 37. The summed E-state index contributed by atoms with van der Waals surface area (Å²) in [6, 6.07) is 17.4. The molecule has 11 N–H and O–H groups in total. The monoisotopic (exact) mass is 1370 g/mol. The summed E-state index contributed by atoms with van der Waals surface area (Å²) in [5, 5.41) is 30.9. The van der Waals surface area contributed by atoms with E-state index in [1.165, 1.54) is 17.0 Å². The first-order valence-corrected chi connectivity index (χ1v) is 34.2. The smallest absolute Gasteiger partial charge is 0.478 e. The second-order valence-electron chi connectivity index (χ2n) is 19.7. The number of nitrogens with two attached hydrogens (primary N) is 1. The molecule has 91 heavy (non-hydrogen) atoms. The number of azide groups is 1. The van der Waals surface area contributed by atoms with Crippen LogP contribution in [0.1, 0.15) is 67.2 Å². The second kappa shape index (κ2) is 35.3. The normalized spacial score (nSPS) is 16.2. The van der Waals surface area contributed by atoms with Gasteiger partial charge in [0.15, 0.2) is 0 Å². The number of benzene rings is 3. The summed E-state index contributed by atoms with van der Waals surface area (Å²) in [4.78, 5) is 92.9. The van der Waals surface area contributed by atoms with Crippen LogP contribution < -0.4 is 32.7 Å². The molecule has 494 valence electrons. The lowest BCUT2D eigenvalue weighted by Crippen LogP contribution is -2.29. The van der Waals surface area contributed by atoms with Crippen LogP contribution in [0.5, 0.6) is 0 Å². The molecule has 0 radical (unpaired) electrons. The quantitative estimate of drug-likeness (QED) is 0.00216. The van der Waals surface area contributed by atoms with E-state index < -0.39 is 79.1 Å². The van der Waals surface area contributed by atoms with Crippen molar-refractivity contribution in [1.29, 1.82) is 5.41 Å². The third-order valence-electron chi connectivity index (χ3n) is 12.5. The maximum Gasteiger partial charge on any atom is 0.490 e. The molecular formula is C53H67N10O23P3S2. The molecule has 0 bridgehead atoms. The van der Waals surface area contributed by atoms with Gasteiger partial charge in [0.1, 0.15) is 42.2 Å². The fourth-order valence-corrected chi connectivity index (χ4v) is 13.6. The van der Waals surface area contributed by atoms with E-state index in [9.17, 15) is 47.8 Å². The Morgan fingerprint density at radius 1 is 0.912 bits per heavy atom. The van der Waals surface area contributed by atoms with Crippen LogP contribution in [0.2, 0.25) is 0 Å². The Morgan fingerprint density at radius 3 is 2.36 bits per heavy atom. The van der Waals surface area contributed by atoms with Gasteiger partial charge in [-0.15, -0.1) is 0 Å². The highest BCUT2D eigenvalue weighted by Gasteiger charge is 2.44. The topological polar surface area (TPSA) is 479 Å². The number of amides is 2. The second-order valence-corrected chi connectivity index (χ2v) is 27.1. The van der Waals surface area contributed by atoms with E-state index in [-0.39, 0.29) is 66.4 Å². The number of phosphoric acid groups is 3. The lowest BCUT2D eigenvalue weighted by Gasteiger charge is -2.22. The van der Waals surface area contributed by atoms with E-state index in [1.807, 2.05) is 32.0 Å². The fourth-order valence-electron chi connectivity index (χ4n) is 8.32. The van der Waals surface area contributed by atoms with Crippen molar-refractivity contribution in [2.24, 2.45) is 5.11 Å². The Kier molecular flexibility index (Phi) is 28.4. The number of unbranched alkanes of at least 4 members (excludes halogenated alkanes) is 1. The first kappa shape index (κ1) is 73.2. The molecule has 3 heterocycles. The molecule has 1 saturated heterocycles. The van der Waals surface area contributed by atoms with E-state index in [2.05, 4.69) is 62.5 Å². The van der Waals surface area contributed by atoms with Crippen LogP contribution in [0, 0.1) is 17.3 Å². The van der Waals surface area contributed by atoms with Crippen molar-refractivity contribution in [2.45, 2.75) is 62.7 Å². The highest BCUT2D eigenvalue weighted by molar-refractivity contribution is 8.77. The minimum atomic E-state index is -5.83. The van der Waals surface area contributed by atoms with Gasteiger partial charge in [-0.2, -0.15) is 13.6 Å². The third-order valence-corrected chi connectivity index (χ3v) is 19.3. The van der Waals surface area contributed by atoms with Gasteiger partial charge in [-0.25, -0.2) is 32.9 Å². The number of nitrogen functional groups attached to an aromatic ring is 1. The van der Waals surface area contributed by atoms with Crippen LogP contribution in [0.3, 0.4) is 0 Å². The van der Waals surface area contributed by atoms with E-state index >= 15 is 0 Å². The van der Waals surface area contributed by atoms with Gasteiger partial charge in [0.25, 0.3) is 0 Å². The number of carbonyl (C=O) groups excluding carboxylic acids is 2. The van der Waals surface area contributed by atoms with Crippen molar-refractivity contribution in [1.82, 2.24) is 25.5 Å². The molecule has 1 aromatic heterocycles. The van der Waals surface area contributed by atoms with Gasteiger partial charge in [0.2, 0.25) is 0 Å². The van der Waals surface area contributed by atoms with E-state index in [4.69, 9.17) is 64.0 Å². The van der Waals surface area contributed by atoms with Gasteiger partial charge in [-0.3, -0.25) is 9.09 Å². The maximum atomic E-state index is 12.9. The zero-order valence-electron chi connectivity index (χ0n) is 48.9. The summed E-state index contributed by atoms with van der Waals surface area (Å²) < 4.78 is 92.5. The molecule has 0 saturated carbocycles. The Balaban J connectivity index is 0.772. The number of phosphoric ester groups is 1. The molecule has 38 heteroatoms. The van der Waals surface area contributed by atoms with Crippen molar-refractivity contribution < 1.29 is 103 Å². The molecule has 3 aromatic rings. The van der Waals surface area contributed by atoms with Crippen LogP contribution in [0.4, 0.5) is 15.4 Å². The van der Waals surface area contributed by atoms with E-state index in [0.29, 0.717) is 97.5 Å². The van der Waals surface area contributed by atoms with Gasteiger partial charge in [-0.1, -0.05) is 69.4 Å². The Hall–Kier alpha value is -6.86. The lowest BCUT2D eigenvalue weighted by molar-refractivity contribution is -0.0601. The average molecular weight is 1370 g/mol. The summed E-state index contributed by atoms with van der Waals surface area (Å²) in [7, 11) is -14.0. The van der Waals surface area contributed by atoms with Gasteiger partial charge >= 0.3 is 47.3 Å². The lowest BCUT2D eigenvalue weighted by atomic mass is 9.89. The number of ether oxygens (including phenoxy) is 7. The number of carboxylic acid groups (broad SMARTS) is 1.